The third-order valence-corrected chi connectivity index (χ3v) is 3.71. The minimum Gasteiger partial charge on any atom is -0.399 e. The van der Waals surface area contributed by atoms with E-state index in [1.807, 2.05) is 25.2 Å². The van der Waals surface area contributed by atoms with E-state index in [0.29, 0.717) is 0 Å². The molecule has 0 aliphatic heterocycles. The largest absolute Gasteiger partial charge is 0.399 e. The van der Waals surface area contributed by atoms with Crippen molar-refractivity contribution in [2.75, 3.05) is 17.7 Å². The summed E-state index contributed by atoms with van der Waals surface area (Å²) >= 11 is 0. The second-order valence-corrected chi connectivity index (χ2v) is 5.36. The number of H-pyrrole nitrogens is 1. The summed E-state index contributed by atoms with van der Waals surface area (Å²) in [5, 5.41) is 0. The number of rotatable bonds is 4. The molecule has 0 fully saturated rings. The van der Waals surface area contributed by atoms with Crippen molar-refractivity contribution in [3.8, 4) is 0 Å². The van der Waals surface area contributed by atoms with Gasteiger partial charge in [0.1, 0.15) is 0 Å². The number of nitrogens with two attached hydrogens (primary N) is 1. The maximum absolute atomic E-state index is 5.80. The number of imidazole rings is 1. The average Bonchev–Trinajstić information content (AvgIpc) is 2.91. The Morgan fingerprint density at radius 3 is 2.52 bits per heavy atom. The summed E-state index contributed by atoms with van der Waals surface area (Å²) in [5.41, 5.74) is 11.1. The lowest BCUT2D eigenvalue weighted by molar-refractivity contribution is 0.883. The predicted octanol–water partition coefficient (Wildman–Crippen LogP) is 3.34. The van der Waals surface area contributed by atoms with Crippen LogP contribution in [0, 0.1) is 0 Å². The summed E-state index contributed by atoms with van der Waals surface area (Å²) in [6.07, 6.45) is 1.07. The summed E-state index contributed by atoms with van der Waals surface area (Å²) in [6, 6.07) is 14.4. The fourth-order valence-electron chi connectivity index (χ4n) is 2.42. The summed E-state index contributed by atoms with van der Waals surface area (Å²) < 4.78 is 0. The first-order chi connectivity index (χ1) is 10.2. The molecule has 3 rings (SSSR count). The smallest absolute Gasteiger partial charge is 0.203 e. The zero-order valence-corrected chi connectivity index (χ0v) is 12.4. The van der Waals surface area contributed by atoms with Gasteiger partial charge in [0.15, 0.2) is 0 Å². The molecule has 2 aromatic carbocycles. The Kier molecular flexibility index (Phi) is 3.52. The molecule has 0 unspecified atom stereocenters. The first kappa shape index (κ1) is 13.5. The van der Waals surface area contributed by atoms with E-state index in [-0.39, 0.29) is 0 Å². The van der Waals surface area contributed by atoms with Crippen LogP contribution in [-0.4, -0.2) is 17.0 Å². The van der Waals surface area contributed by atoms with Crippen molar-refractivity contribution in [1.29, 1.82) is 0 Å². The normalized spacial score (nSPS) is 11.0. The fraction of sp³-hybridized carbons (Fsp3) is 0.235. The van der Waals surface area contributed by atoms with Crippen molar-refractivity contribution in [1.82, 2.24) is 9.97 Å². The highest BCUT2D eigenvalue weighted by Gasteiger charge is 2.08. The molecule has 21 heavy (non-hydrogen) atoms. The van der Waals surface area contributed by atoms with Crippen LogP contribution < -0.4 is 10.6 Å². The number of aryl methyl sites for hydroxylation is 1. The monoisotopic (exact) mass is 280 g/mol. The lowest BCUT2D eigenvalue weighted by atomic mass is 10.1. The number of hydrogen-bond donors (Lipinski definition) is 2. The van der Waals surface area contributed by atoms with Gasteiger partial charge in [0.05, 0.1) is 11.0 Å². The molecule has 0 amide bonds. The van der Waals surface area contributed by atoms with Gasteiger partial charge in [-0.25, -0.2) is 4.98 Å². The van der Waals surface area contributed by atoms with Gasteiger partial charge in [0.25, 0.3) is 0 Å². The van der Waals surface area contributed by atoms with E-state index >= 15 is 0 Å². The fourth-order valence-corrected chi connectivity index (χ4v) is 2.42. The Labute approximate surface area is 124 Å². The van der Waals surface area contributed by atoms with Gasteiger partial charge in [0, 0.05) is 19.3 Å². The van der Waals surface area contributed by atoms with Gasteiger partial charge in [-0.05, 0) is 35.7 Å². The highest BCUT2D eigenvalue weighted by Crippen LogP contribution is 2.20. The van der Waals surface area contributed by atoms with Crippen molar-refractivity contribution < 1.29 is 0 Å². The first-order valence-electron chi connectivity index (χ1n) is 7.20. The summed E-state index contributed by atoms with van der Waals surface area (Å²) in [5.74, 6) is 0.857. The molecule has 0 saturated heterocycles. The zero-order chi connectivity index (χ0) is 14.8. The number of nitrogens with zero attached hydrogens (tertiary/aromatic N) is 2. The van der Waals surface area contributed by atoms with Gasteiger partial charge >= 0.3 is 0 Å². The molecule has 1 heterocycles. The molecule has 108 valence electrons. The molecule has 0 atom stereocenters. The maximum atomic E-state index is 5.80. The number of aromatic amines is 1. The average molecular weight is 280 g/mol. The number of anilines is 2. The van der Waals surface area contributed by atoms with Gasteiger partial charge < -0.3 is 15.6 Å². The minimum absolute atomic E-state index is 0.746. The molecule has 3 N–H and O–H groups in total. The molecular weight excluding hydrogens is 260 g/mol. The zero-order valence-electron chi connectivity index (χ0n) is 12.4. The standard InChI is InChI=1S/C17H20N4/c1-3-12-4-6-13(7-5-12)11-21(2)17-19-15-9-8-14(18)10-16(15)20-17/h4-10H,3,11,18H2,1-2H3,(H,19,20). The summed E-state index contributed by atoms with van der Waals surface area (Å²) in [7, 11) is 2.04. The van der Waals surface area contributed by atoms with Crippen LogP contribution in [0.5, 0.6) is 0 Å². The number of benzene rings is 2. The van der Waals surface area contributed by atoms with E-state index in [1.54, 1.807) is 0 Å². The maximum Gasteiger partial charge on any atom is 0.203 e. The van der Waals surface area contributed by atoms with Gasteiger partial charge in [-0.15, -0.1) is 0 Å². The molecule has 0 saturated carbocycles. The molecule has 4 nitrogen and oxygen atoms in total. The van der Waals surface area contributed by atoms with Gasteiger partial charge in [-0.2, -0.15) is 0 Å². The minimum atomic E-state index is 0.746. The van der Waals surface area contributed by atoms with E-state index in [0.717, 1.165) is 35.6 Å². The molecule has 0 aliphatic rings. The third kappa shape index (κ3) is 2.84. The molecule has 1 aromatic heterocycles. The van der Waals surface area contributed by atoms with Crippen LogP contribution in [0.1, 0.15) is 18.1 Å². The van der Waals surface area contributed by atoms with Crippen LogP contribution >= 0.6 is 0 Å². The Balaban J connectivity index is 1.80. The number of nitrogen functional groups attached to an aromatic ring is 1. The van der Waals surface area contributed by atoms with E-state index < -0.39 is 0 Å². The van der Waals surface area contributed by atoms with Crippen molar-refractivity contribution in [3.63, 3.8) is 0 Å². The quantitative estimate of drug-likeness (QED) is 0.721. The molecule has 4 heteroatoms. The van der Waals surface area contributed by atoms with E-state index in [4.69, 9.17) is 5.73 Å². The van der Waals surface area contributed by atoms with E-state index in [2.05, 4.69) is 46.1 Å². The van der Waals surface area contributed by atoms with Gasteiger partial charge in [0.2, 0.25) is 5.95 Å². The summed E-state index contributed by atoms with van der Waals surface area (Å²) in [6.45, 7) is 2.99. The third-order valence-electron chi connectivity index (χ3n) is 3.71. The predicted molar refractivity (Wildman–Crippen MR) is 88.4 cm³/mol. The highest BCUT2D eigenvalue weighted by atomic mass is 15.2. The number of fused-ring (bicyclic) bond motifs is 1. The number of aromatic nitrogens is 2. The van der Waals surface area contributed by atoms with Gasteiger partial charge in [-0.1, -0.05) is 31.2 Å². The Morgan fingerprint density at radius 2 is 1.81 bits per heavy atom. The van der Waals surface area contributed by atoms with Gasteiger partial charge in [-0.3, -0.25) is 0 Å². The van der Waals surface area contributed by atoms with Crippen molar-refractivity contribution in [3.05, 3.63) is 53.6 Å². The molecule has 0 bridgehead atoms. The lowest BCUT2D eigenvalue weighted by Gasteiger charge is -2.16. The van der Waals surface area contributed by atoms with E-state index in [1.165, 1.54) is 11.1 Å². The Morgan fingerprint density at radius 1 is 1.10 bits per heavy atom. The molecule has 3 aromatic rings. The summed E-state index contributed by atoms with van der Waals surface area (Å²) in [4.78, 5) is 10.0. The van der Waals surface area contributed by atoms with Crippen LogP contribution in [0.25, 0.3) is 11.0 Å². The molecule has 0 radical (unpaired) electrons. The van der Waals surface area contributed by atoms with Crippen LogP contribution in [0.3, 0.4) is 0 Å². The van der Waals surface area contributed by atoms with Crippen molar-refractivity contribution in [2.45, 2.75) is 19.9 Å². The second kappa shape index (κ2) is 5.48. The SMILES string of the molecule is CCc1ccc(CN(C)c2nc3ccc(N)cc3[nH]2)cc1. The molecule has 0 spiro atoms. The van der Waals surface area contributed by atoms with Crippen LogP contribution in [0.2, 0.25) is 0 Å². The van der Waals surface area contributed by atoms with Crippen LogP contribution in [0.15, 0.2) is 42.5 Å². The topological polar surface area (TPSA) is 57.9 Å². The van der Waals surface area contributed by atoms with Crippen LogP contribution in [-0.2, 0) is 13.0 Å². The molecular formula is C17H20N4. The van der Waals surface area contributed by atoms with Crippen molar-refractivity contribution >= 4 is 22.7 Å². The van der Waals surface area contributed by atoms with Crippen molar-refractivity contribution in [2.24, 2.45) is 0 Å². The first-order valence-corrected chi connectivity index (χ1v) is 7.20. The number of nitrogens with one attached hydrogen (secondary N) is 1. The van der Waals surface area contributed by atoms with E-state index in [9.17, 15) is 0 Å². The second-order valence-electron chi connectivity index (χ2n) is 5.36. The Hall–Kier alpha value is -2.49. The molecule has 0 aliphatic carbocycles. The Bertz CT molecular complexity index is 743. The number of hydrogen-bond acceptors (Lipinski definition) is 3. The highest BCUT2D eigenvalue weighted by molar-refractivity contribution is 5.80. The lowest BCUT2D eigenvalue weighted by Crippen LogP contribution is -2.17. The van der Waals surface area contributed by atoms with Crippen LogP contribution in [0.4, 0.5) is 11.6 Å².